The zero-order valence-corrected chi connectivity index (χ0v) is 20.3. The maximum atomic E-state index is 10.2. The molecule has 0 spiro atoms. The molecule has 0 saturated carbocycles. The van der Waals surface area contributed by atoms with Crippen LogP contribution in [-0.2, 0) is 0 Å². The molecule has 0 amide bonds. The predicted octanol–water partition coefficient (Wildman–Crippen LogP) is 7.67. The molecule has 0 rings (SSSR count). The molecule has 0 aliphatic carbocycles. The molecule has 0 heterocycles. The summed E-state index contributed by atoms with van der Waals surface area (Å²) in [4.78, 5) is 0. The SMILES string of the molecule is CC(C)[CH2][Al+][CH2]C(C)C.CCCCCCCCCCCCCCCC[O-]. The Morgan fingerprint density at radius 3 is 1.12 bits per heavy atom. The molecule has 1 nitrogen and oxygen atoms in total. The Morgan fingerprint density at radius 2 is 0.846 bits per heavy atom. The Hall–Kier alpha value is 0.492. The van der Waals surface area contributed by atoms with E-state index >= 15 is 0 Å². The molecule has 0 radical (unpaired) electrons. The van der Waals surface area contributed by atoms with Gasteiger partial charge in [-0.1, -0.05) is 96.8 Å². The van der Waals surface area contributed by atoms with Crippen molar-refractivity contribution in [2.24, 2.45) is 11.8 Å². The maximum absolute atomic E-state index is 10.2. The van der Waals surface area contributed by atoms with Gasteiger partial charge in [0, 0.05) is 0 Å². The van der Waals surface area contributed by atoms with Crippen LogP contribution in [0.3, 0.4) is 0 Å². The van der Waals surface area contributed by atoms with Crippen LogP contribution in [0.1, 0.15) is 125 Å². The molecule has 0 aromatic carbocycles. The van der Waals surface area contributed by atoms with Crippen molar-refractivity contribution in [3.8, 4) is 0 Å². The average molecular weight is 383 g/mol. The minimum Gasteiger partial charge on any atom is -0.854 e. The number of unbranched alkanes of at least 4 members (excludes halogenated alkanes) is 13. The molecule has 26 heavy (non-hydrogen) atoms. The van der Waals surface area contributed by atoms with Gasteiger partial charge in [-0.05, 0) is 0 Å². The summed E-state index contributed by atoms with van der Waals surface area (Å²) in [6.45, 7) is 11.6. The van der Waals surface area contributed by atoms with Crippen LogP contribution in [-0.4, -0.2) is 21.8 Å². The summed E-state index contributed by atoms with van der Waals surface area (Å²) in [5.74, 6) is 1.86. The van der Waals surface area contributed by atoms with Crippen LogP contribution in [0.25, 0.3) is 0 Å². The van der Waals surface area contributed by atoms with Gasteiger partial charge in [0.1, 0.15) is 0 Å². The second kappa shape index (κ2) is 25.5. The van der Waals surface area contributed by atoms with Gasteiger partial charge in [-0.15, -0.1) is 6.61 Å². The molecule has 0 aromatic heterocycles. The molecule has 0 atom stereocenters. The Kier molecular flexibility index (Phi) is 28.1. The van der Waals surface area contributed by atoms with Crippen molar-refractivity contribution >= 4 is 15.2 Å². The predicted molar refractivity (Wildman–Crippen MR) is 120 cm³/mol. The third kappa shape index (κ3) is 32.2. The van der Waals surface area contributed by atoms with Crippen LogP contribution >= 0.6 is 0 Å². The van der Waals surface area contributed by atoms with Crippen molar-refractivity contribution in [2.45, 2.75) is 135 Å². The maximum Gasteiger partial charge on any atom is -0.0533 e. The second-order valence-corrected chi connectivity index (χ2v) is 10.4. The van der Waals surface area contributed by atoms with Crippen molar-refractivity contribution in [1.29, 1.82) is 0 Å². The first-order valence-corrected chi connectivity index (χ1v) is 13.6. The monoisotopic (exact) mass is 382 g/mol. The topological polar surface area (TPSA) is 23.1 Å². The van der Waals surface area contributed by atoms with Gasteiger partial charge in [-0.2, -0.15) is 0 Å². The normalized spacial score (nSPS) is 10.8. The van der Waals surface area contributed by atoms with Crippen LogP contribution in [0.2, 0.25) is 10.6 Å². The van der Waals surface area contributed by atoms with Crippen LogP contribution in [0.4, 0.5) is 0 Å². The molecule has 0 aliphatic rings. The molecular weight excluding hydrogens is 331 g/mol. The minimum atomic E-state index is 0.123. The van der Waals surface area contributed by atoms with Crippen molar-refractivity contribution in [2.75, 3.05) is 6.61 Å². The zero-order valence-electron chi connectivity index (χ0n) is 19.2. The van der Waals surface area contributed by atoms with Gasteiger partial charge in [-0.3, -0.25) is 0 Å². The summed E-state index contributed by atoms with van der Waals surface area (Å²) in [5.41, 5.74) is 0. The van der Waals surface area contributed by atoms with E-state index in [1.165, 1.54) is 87.6 Å². The van der Waals surface area contributed by atoms with E-state index in [0.717, 1.165) is 39.9 Å². The minimum absolute atomic E-state index is 0.123. The van der Waals surface area contributed by atoms with Gasteiger partial charge in [-0.25, -0.2) is 0 Å². The van der Waals surface area contributed by atoms with Crippen LogP contribution in [0, 0.1) is 11.8 Å². The standard InChI is InChI=1S/C16H33O.2C4H9.Al/c1-2-3-4-5-6-7-8-9-10-11-12-13-14-15-16-17;2*1-4(2)3;/h2-16H2,1H3;2*4H,1H2,2-3H3;/q-1;;;+1. The van der Waals surface area contributed by atoms with Crippen LogP contribution in [0.15, 0.2) is 0 Å². The third-order valence-corrected chi connectivity index (χ3v) is 7.33. The van der Waals surface area contributed by atoms with E-state index < -0.39 is 0 Å². The molecular formula is C24H51AlO. The van der Waals surface area contributed by atoms with E-state index in [9.17, 15) is 5.11 Å². The molecule has 0 saturated heterocycles. The molecule has 0 unspecified atom stereocenters. The number of hydrogen-bond donors (Lipinski definition) is 0. The van der Waals surface area contributed by atoms with Gasteiger partial charge in [0.05, 0.1) is 0 Å². The van der Waals surface area contributed by atoms with Crippen molar-refractivity contribution in [1.82, 2.24) is 0 Å². The fourth-order valence-corrected chi connectivity index (χ4v) is 4.59. The average Bonchev–Trinajstić information content (AvgIpc) is 2.59. The van der Waals surface area contributed by atoms with E-state index in [0.29, 0.717) is 0 Å². The molecule has 0 bridgehead atoms. The number of rotatable bonds is 18. The van der Waals surface area contributed by atoms with Crippen LogP contribution < -0.4 is 5.11 Å². The smallest absolute Gasteiger partial charge is 0.0533 e. The van der Waals surface area contributed by atoms with Crippen molar-refractivity contribution in [3.05, 3.63) is 0 Å². The molecule has 0 aliphatic heterocycles. The summed E-state index contributed by atoms with van der Waals surface area (Å²) in [6, 6.07) is 0. The summed E-state index contributed by atoms with van der Waals surface area (Å²) in [5, 5.41) is 13.2. The van der Waals surface area contributed by atoms with Crippen molar-refractivity contribution < 1.29 is 5.11 Å². The Labute approximate surface area is 173 Å². The first-order valence-electron chi connectivity index (χ1n) is 11.9. The quantitative estimate of drug-likeness (QED) is 0.176. The fraction of sp³-hybridized carbons (Fsp3) is 1.00. The molecule has 0 fully saturated rings. The number of hydrogen-bond acceptors (Lipinski definition) is 1. The largest absolute Gasteiger partial charge is 0.854 e. The van der Waals surface area contributed by atoms with Gasteiger partial charge in [0.25, 0.3) is 0 Å². The zero-order chi connectivity index (χ0) is 19.9. The summed E-state index contributed by atoms with van der Waals surface area (Å²) in [6.07, 6.45) is 18.9. The molecule has 2 heteroatoms. The fourth-order valence-electron chi connectivity index (χ4n) is 3.06. The van der Waals surface area contributed by atoms with Gasteiger partial charge in [0.2, 0.25) is 0 Å². The van der Waals surface area contributed by atoms with E-state index in [4.69, 9.17) is 0 Å². The first-order chi connectivity index (χ1) is 12.5. The van der Waals surface area contributed by atoms with Crippen molar-refractivity contribution in [3.63, 3.8) is 0 Å². The molecule has 0 aromatic rings. The van der Waals surface area contributed by atoms with E-state index in [-0.39, 0.29) is 6.61 Å². The Bertz CT molecular complexity index is 206. The van der Waals surface area contributed by atoms with E-state index in [1.807, 2.05) is 0 Å². The summed E-state index contributed by atoms with van der Waals surface area (Å²) >= 11 is 0.755. The second-order valence-electron chi connectivity index (χ2n) is 8.85. The van der Waals surface area contributed by atoms with Gasteiger partial charge < -0.3 is 5.11 Å². The van der Waals surface area contributed by atoms with Gasteiger partial charge >= 0.3 is 65.3 Å². The van der Waals surface area contributed by atoms with Gasteiger partial charge in [0.15, 0.2) is 0 Å². The molecule has 156 valence electrons. The summed E-state index contributed by atoms with van der Waals surface area (Å²) in [7, 11) is 0. The Balaban J connectivity index is 0. The third-order valence-electron chi connectivity index (χ3n) is 4.77. The first kappa shape index (κ1) is 28.7. The van der Waals surface area contributed by atoms with Crippen LogP contribution in [0.5, 0.6) is 0 Å². The molecule has 0 N–H and O–H groups in total. The van der Waals surface area contributed by atoms with E-state index in [2.05, 4.69) is 34.6 Å². The van der Waals surface area contributed by atoms with E-state index in [1.54, 1.807) is 0 Å². The summed E-state index contributed by atoms with van der Waals surface area (Å²) < 4.78 is 0. The Morgan fingerprint density at radius 1 is 0.538 bits per heavy atom.